The van der Waals surface area contributed by atoms with Gasteiger partial charge in [0, 0.05) is 16.8 Å². The van der Waals surface area contributed by atoms with E-state index in [0.29, 0.717) is 11.2 Å². The minimum Gasteiger partial charge on any atom is -0.490 e. The molecular weight excluding hydrogens is 498 g/mol. The number of ether oxygens (including phenoxy) is 1. The van der Waals surface area contributed by atoms with Gasteiger partial charge in [-0.2, -0.15) is 0 Å². The van der Waals surface area contributed by atoms with Crippen molar-refractivity contribution in [2.24, 2.45) is 0 Å². The Balaban J connectivity index is 1.30. The van der Waals surface area contributed by atoms with E-state index in [4.69, 9.17) is 21.4 Å². The molecule has 1 N–H and O–H groups in total. The first-order chi connectivity index (χ1) is 18.1. The molecule has 188 valence electrons. The minimum absolute atomic E-state index is 0.147. The smallest absolute Gasteiger partial charge is 0.174 e. The lowest BCUT2D eigenvalue weighted by Crippen LogP contribution is -2.29. The number of nitrogens with zero attached hydrogens (tertiary/aromatic N) is 2. The summed E-state index contributed by atoms with van der Waals surface area (Å²) in [6, 6.07) is 26.4. The third-order valence-electron chi connectivity index (χ3n) is 6.95. The van der Waals surface area contributed by atoms with Gasteiger partial charge in [-0.1, -0.05) is 35.5 Å². The molecule has 2 aliphatic rings. The molecule has 37 heavy (non-hydrogen) atoms. The maximum absolute atomic E-state index is 6.44. The van der Waals surface area contributed by atoms with Crippen LogP contribution in [-0.2, 0) is 0 Å². The fourth-order valence-electron chi connectivity index (χ4n) is 5.08. The van der Waals surface area contributed by atoms with Gasteiger partial charge in [-0.15, -0.1) is 0 Å². The first-order valence-corrected chi connectivity index (χ1v) is 14.0. The number of benzene rings is 2. The van der Waals surface area contributed by atoms with E-state index in [2.05, 4.69) is 64.6 Å². The highest BCUT2D eigenvalue weighted by Gasteiger charge is 2.42. The quantitative estimate of drug-likeness (QED) is 0.248. The summed E-state index contributed by atoms with van der Waals surface area (Å²) in [5.74, 6) is 1.74. The summed E-state index contributed by atoms with van der Waals surface area (Å²) < 4.78 is 12.6. The zero-order chi connectivity index (χ0) is 25.2. The Morgan fingerprint density at radius 2 is 1.76 bits per heavy atom. The number of furan rings is 1. The number of hydrogen-bond acceptors (Lipinski definition) is 5. The van der Waals surface area contributed by atoms with Crippen LogP contribution in [0.15, 0.2) is 99.5 Å². The number of anilines is 1. The highest BCUT2D eigenvalue weighted by Crippen LogP contribution is 2.43. The van der Waals surface area contributed by atoms with E-state index in [0.717, 1.165) is 45.7 Å². The van der Waals surface area contributed by atoms with Crippen molar-refractivity contribution in [3.05, 3.63) is 102 Å². The molecule has 2 fully saturated rings. The molecule has 3 heterocycles. The number of pyridine rings is 1. The normalized spacial score (nSPS) is 19.8. The fourth-order valence-corrected chi connectivity index (χ4v) is 6.20. The molecule has 2 aromatic heterocycles. The summed E-state index contributed by atoms with van der Waals surface area (Å²) in [6.07, 6.45) is 6.92. The molecule has 0 spiro atoms. The summed E-state index contributed by atoms with van der Waals surface area (Å²) in [5, 5.41) is 4.99. The van der Waals surface area contributed by atoms with Gasteiger partial charge in [0.1, 0.15) is 17.6 Å². The molecule has 0 amide bonds. The molecule has 6 rings (SSSR count). The largest absolute Gasteiger partial charge is 0.490 e. The molecular formula is C30H29N3O2S2. The Bertz CT molecular complexity index is 1350. The van der Waals surface area contributed by atoms with E-state index in [1.807, 2.05) is 42.6 Å². The molecule has 0 radical (unpaired) electrons. The maximum atomic E-state index is 6.44. The molecule has 1 aliphatic heterocycles. The third-order valence-corrected chi connectivity index (χ3v) is 8.19. The van der Waals surface area contributed by atoms with Crippen LogP contribution in [0.4, 0.5) is 5.69 Å². The van der Waals surface area contributed by atoms with Crippen LogP contribution < -0.4 is 15.0 Å². The van der Waals surface area contributed by atoms with Crippen molar-refractivity contribution < 1.29 is 9.15 Å². The van der Waals surface area contributed by atoms with Gasteiger partial charge in [-0.3, -0.25) is 4.98 Å². The molecule has 2 aromatic carbocycles. The summed E-state index contributed by atoms with van der Waals surface area (Å²) in [5.41, 5.74) is 3.15. The van der Waals surface area contributed by atoms with Gasteiger partial charge in [-0.05, 0) is 105 Å². The molecule has 7 heteroatoms. The first kappa shape index (κ1) is 24.1. The van der Waals surface area contributed by atoms with Crippen LogP contribution in [0.2, 0.25) is 0 Å². The van der Waals surface area contributed by atoms with Crippen molar-refractivity contribution in [1.29, 1.82) is 0 Å². The number of aromatic nitrogens is 1. The van der Waals surface area contributed by atoms with Crippen LogP contribution in [0.1, 0.15) is 54.8 Å². The van der Waals surface area contributed by atoms with Crippen LogP contribution in [0, 0.1) is 6.92 Å². The summed E-state index contributed by atoms with van der Waals surface area (Å²) in [6.45, 7) is 2.09. The van der Waals surface area contributed by atoms with Gasteiger partial charge in [0.05, 0.1) is 17.8 Å². The predicted molar refractivity (Wildman–Crippen MR) is 151 cm³/mol. The van der Waals surface area contributed by atoms with E-state index in [9.17, 15) is 0 Å². The van der Waals surface area contributed by atoms with Crippen molar-refractivity contribution in [3.8, 4) is 5.75 Å². The maximum Gasteiger partial charge on any atom is 0.174 e. The molecule has 2 atom stereocenters. The van der Waals surface area contributed by atoms with Gasteiger partial charge < -0.3 is 19.4 Å². The van der Waals surface area contributed by atoms with Crippen molar-refractivity contribution in [2.45, 2.75) is 60.8 Å². The SMILES string of the molecule is Cc1ccc(Sc2ccc([C@H]3[C@H](c4ccccn4)NC(=S)N3c3ccc(OC4CCCC4)cc3)o2)cc1. The van der Waals surface area contributed by atoms with Crippen molar-refractivity contribution in [1.82, 2.24) is 10.3 Å². The van der Waals surface area contributed by atoms with E-state index < -0.39 is 0 Å². The molecule has 0 bridgehead atoms. The minimum atomic E-state index is -0.184. The monoisotopic (exact) mass is 527 g/mol. The zero-order valence-corrected chi connectivity index (χ0v) is 22.3. The molecule has 5 nitrogen and oxygen atoms in total. The Morgan fingerprint density at radius 1 is 0.973 bits per heavy atom. The van der Waals surface area contributed by atoms with E-state index in [-0.39, 0.29) is 12.1 Å². The van der Waals surface area contributed by atoms with Crippen LogP contribution >= 0.6 is 24.0 Å². The zero-order valence-electron chi connectivity index (χ0n) is 20.7. The van der Waals surface area contributed by atoms with Crippen LogP contribution in [-0.4, -0.2) is 16.2 Å². The second kappa shape index (κ2) is 10.6. The highest BCUT2D eigenvalue weighted by atomic mass is 32.2. The number of thiocarbonyl (C=S) groups is 1. The molecule has 0 unspecified atom stereocenters. The highest BCUT2D eigenvalue weighted by molar-refractivity contribution is 7.99. The predicted octanol–water partition coefficient (Wildman–Crippen LogP) is 7.63. The lowest BCUT2D eigenvalue weighted by molar-refractivity contribution is 0.210. The summed E-state index contributed by atoms with van der Waals surface area (Å²) >= 11 is 7.48. The Labute approximate surface area is 227 Å². The van der Waals surface area contributed by atoms with Crippen LogP contribution in [0.5, 0.6) is 5.75 Å². The Hall–Kier alpha value is -3.29. The number of hydrogen-bond donors (Lipinski definition) is 1. The van der Waals surface area contributed by atoms with Gasteiger partial charge >= 0.3 is 0 Å². The lowest BCUT2D eigenvalue weighted by atomic mass is 10.0. The lowest BCUT2D eigenvalue weighted by Gasteiger charge is -2.26. The average Bonchev–Trinajstić information content (AvgIpc) is 3.67. The second-order valence-corrected chi connectivity index (χ2v) is 11.1. The Kier molecular flexibility index (Phi) is 6.89. The number of nitrogens with one attached hydrogen (secondary N) is 1. The van der Waals surface area contributed by atoms with Crippen molar-refractivity contribution >= 4 is 34.8 Å². The molecule has 4 aromatic rings. The Morgan fingerprint density at radius 3 is 2.49 bits per heavy atom. The summed E-state index contributed by atoms with van der Waals surface area (Å²) in [4.78, 5) is 7.91. The first-order valence-electron chi connectivity index (χ1n) is 12.8. The van der Waals surface area contributed by atoms with Gasteiger partial charge in [-0.25, -0.2) is 0 Å². The summed E-state index contributed by atoms with van der Waals surface area (Å²) in [7, 11) is 0. The number of rotatable bonds is 7. The average molecular weight is 528 g/mol. The topological polar surface area (TPSA) is 50.5 Å². The second-order valence-electron chi connectivity index (χ2n) is 9.59. The van der Waals surface area contributed by atoms with E-state index in [1.165, 1.54) is 18.4 Å². The van der Waals surface area contributed by atoms with Crippen molar-refractivity contribution in [2.75, 3.05) is 4.90 Å². The van der Waals surface area contributed by atoms with E-state index >= 15 is 0 Å². The fraction of sp³-hybridized carbons (Fsp3) is 0.267. The van der Waals surface area contributed by atoms with Gasteiger partial charge in [0.2, 0.25) is 0 Å². The van der Waals surface area contributed by atoms with Gasteiger partial charge in [0.15, 0.2) is 10.2 Å². The molecule has 1 saturated carbocycles. The van der Waals surface area contributed by atoms with Crippen molar-refractivity contribution in [3.63, 3.8) is 0 Å². The van der Waals surface area contributed by atoms with E-state index in [1.54, 1.807) is 11.8 Å². The molecule has 1 saturated heterocycles. The molecule has 1 aliphatic carbocycles. The third kappa shape index (κ3) is 5.24. The van der Waals surface area contributed by atoms with Gasteiger partial charge in [0.25, 0.3) is 0 Å². The number of aryl methyl sites for hydroxylation is 1. The standard InChI is InChI=1S/C30H29N3O2S2/c1-20-9-15-24(16-10-20)37-27-18-17-26(35-27)29-28(25-8-4-5-19-31-25)32-30(36)33(29)21-11-13-23(14-12-21)34-22-6-2-3-7-22/h4-5,8-19,22,28-29H,2-3,6-7H2,1H3,(H,32,36)/t28-,29-/m0/s1. The van der Waals surface area contributed by atoms with Crippen LogP contribution in [0.25, 0.3) is 0 Å². The van der Waals surface area contributed by atoms with Crippen LogP contribution in [0.3, 0.4) is 0 Å².